The average molecular weight is 177 g/mol. The van der Waals surface area contributed by atoms with Crippen molar-refractivity contribution in [1.82, 2.24) is 0 Å². The van der Waals surface area contributed by atoms with Crippen LogP contribution in [-0.2, 0) is 0 Å². The molecule has 0 bridgehead atoms. The minimum absolute atomic E-state index is 0.0257. The Bertz CT molecular complexity index is 394. The number of carboxylic acids is 1. The van der Waals surface area contributed by atoms with E-state index in [1.54, 1.807) is 13.0 Å². The van der Waals surface area contributed by atoms with Gasteiger partial charge >= 0.3 is 5.97 Å². The van der Waals surface area contributed by atoms with Crippen molar-refractivity contribution in [3.05, 3.63) is 39.8 Å². The summed E-state index contributed by atoms with van der Waals surface area (Å²) in [6, 6.07) is 4.64. The Balaban J connectivity index is 3.34. The highest BCUT2D eigenvalue weighted by Gasteiger charge is 2.07. The van der Waals surface area contributed by atoms with E-state index in [4.69, 9.17) is 10.6 Å². The average Bonchev–Trinajstić information content (AvgIpc) is 2.08. The molecule has 1 rings (SSSR count). The highest BCUT2D eigenvalue weighted by Crippen LogP contribution is 2.20. The molecule has 0 heterocycles. The van der Waals surface area contributed by atoms with Gasteiger partial charge in [0.15, 0.2) is 0 Å². The molecule has 13 heavy (non-hydrogen) atoms. The predicted molar refractivity (Wildman–Crippen MR) is 46.9 cm³/mol. The van der Waals surface area contributed by atoms with Crippen molar-refractivity contribution in [2.75, 3.05) is 0 Å². The Morgan fingerprint density at radius 1 is 1.62 bits per heavy atom. The van der Waals surface area contributed by atoms with Crippen LogP contribution in [0.2, 0.25) is 0 Å². The molecule has 5 nitrogen and oxygen atoms in total. The summed E-state index contributed by atoms with van der Waals surface area (Å²) in [5.74, 6) is -1.09. The van der Waals surface area contributed by atoms with Crippen LogP contribution in [0.3, 0.4) is 0 Å². The van der Waals surface area contributed by atoms with Gasteiger partial charge in [-0.3, -0.25) is 0 Å². The van der Waals surface area contributed by atoms with Gasteiger partial charge in [0.1, 0.15) is 0 Å². The maximum absolute atomic E-state index is 10.7. The van der Waals surface area contributed by atoms with E-state index >= 15 is 0 Å². The molecule has 0 unspecified atom stereocenters. The molecular weight excluding hydrogens is 170 g/mol. The van der Waals surface area contributed by atoms with Crippen molar-refractivity contribution < 1.29 is 9.90 Å². The van der Waals surface area contributed by atoms with Crippen molar-refractivity contribution in [2.45, 2.75) is 6.92 Å². The van der Waals surface area contributed by atoms with Crippen molar-refractivity contribution in [1.29, 1.82) is 0 Å². The smallest absolute Gasteiger partial charge is 0.336 e. The van der Waals surface area contributed by atoms with Gasteiger partial charge in [0.2, 0.25) is 0 Å². The number of nitrogens with zero attached hydrogens (tertiary/aromatic N) is 3. The third-order valence-corrected chi connectivity index (χ3v) is 1.53. The molecule has 5 heteroatoms. The lowest BCUT2D eigenvalue weighted by Crippen LogP contribution is -1.96. The van der Waals surface area contributed by atoms with Gasteiger partial charge in [-0.2, -0.15) is 0 Å². The monoisotopic (exact) mass is 177 g/mol. The normalized spacial score (nSPS) is 9.00. The third kappa shape index (κ3) is 1.98. The zero-order valence-corrected chi connectivity index (χ0v) is 6.93. The molecule has 66 valence electrons. The van der Waals surface area contributed by atoms with E-state index < -0.39 is 5.97 Å². The number of azide groups is 1. The summed E-state index contributed by atoms with van der Waals surface area (Å²) in [5.41, 5.74) is 9.14. The van der Waals surface area contributed by atoms with Crippen LogP contribution in [0.5, 0.6) is 0 Å². The minimum Gasteiger partial charge on any atom is -0.478 e. The summed E-state index contributed by atoms with van der Waals surface area (Å²) < 4.78 is 0. The first-order chi connectivity index (χ1) is 6.15. The highest BCUT2D eigenvalue weighted by molar-refractivity contribution is 5.93. The lowest BCUT2D eigenvalue weighted by atomic mass is 10.1. The fourth-order valence-electron chi connectivity index (χ4n) is 0.957. The fraction of sp³-hybridized carbons (Fsp3) is 0.125. The summed E-state index contributed by atoms with van der Waals surface area (Å²) in [5, 5.41) is 12.0. The molecule has 0 fully saturated rings. The van der Waals surface area contributed by atoms with Crippen LogP contribution in [0.4, 0.5) is 5.69 Å². The van der Waals surface area contributed by atoms with Gasteiger partial charge in [-0.1, -0.05) is 22.8 Å². The van der Waals surface area contributed by atoms with E-state index in [1.807, 2.05) is 0 Å². The molecule has 0 aliphatic rings. The third-order valence-electron chi connectivity index (χ3n) is 1.53. The number of hydrogen-bond donors (Lipinski definition) is 1. The molecule has 0 aliphatic carbocycles. The van der Waals surface area contributed by atoms with Crippen LogP contribution in [0.1, 0.15) is 15.9 Å². The molecule has 1 aromatic carbocycles. The van der Waals surface area contributed by atoms with Crippen molar-refractivity contribution in [3.8, 4) is 0 Å². The Morgan fingerprint density at radius 3 is 2.85 bits per heavy atom. The second kappa shape index (κ2) is 3.60. The standard InChI is InChI=1S/C8H7N3O2/c1-5-2-3-7(10-11-9)6(4-5)8(12)13/h2-4H,1H3,(H,12,13). The van der Waals surface area contributed by atoms with Crippen LogP contribution in [0.25, 0.3) is 10.4 Å². The lowest BCUT2D eigenvalue weighted by molar-refractivity contribution is 0.0697. The second-order valence-electron chi connectivity index (χ2n) is 2.52. The zero-order chi connectivity index (χ0) is 9.84. The molecule has 0 radical (unpaired) electrons. The van der Waals surface area contributed by atoms with Crippen LogP contribution < -0.4 is 0 Å². The van der Waals surface area contributed by atoms with E-state index in [1.165, 1.54) is 12.1 Å². The van der Waals surface area contributed by atoms with Gasteiger partial charge in [-0.25, -0.2) is 4.79 Å². The summed E-state index contributed by atoms with van der Waals surface area (Å²) >= 11 is 0. The Morgan fingerprint density at radius 2 is 2.31 bits per heavy atom. The van der Waals surface area contributed by atoms with Gasteiger partial charge in [0, 0.05) is 4.91 Å². The Kier molecular flexibility index (Phi) is 2.52. The molecule has 0 aromatic heterocycles. The quantitative estimate of drug-likeness (QED) is 0.427. The molecule has 0 atom stereocenters. The van der Waals surface area contributed by atoms with Crippen molar-refractivity contribution >= 4 is 11.7 Å². The molecule has 1 aromatic rings. The maximum Gasteiger partial charge on any atom is 0.336 e. The van der Waals surface area contributed by atoms with Gasteiger partial charge in [-0.15, -0.1) is 0 Å². The molecule has 0 amide bonds. The maximum atomic E-state index is 10.7. The SMILES string of the molecule is Cc1ccc(N=[N+]=[N-])c(C(=O)O)c1. The van der Waals surface area contributed by atoms with E-state index in [2.05, 4.69) is 10.0 Å². The summed E-state index contributed by atoms with van der Waals surface area (Å²) in [4.78, 5) is 13.2. The van der Waals surface area contributed by atoms with Gasteiger partial charge < -0.3 is 5.11 Å². The van der Waals surface area contributed by atoms with Crippen LogP contribution >= 0.6 is 0 Å². The summed E-state index contributed by atoms with van der Waals surface area (Å²) in [7, 11) is 0. The predicted octanol–water partition coefficient (Wildman–Crippen LogP) is 2.64. The van der Waals surface area contributed by atoms with Crippen LogP contribution in [0.15, 0.2) is 23.3 Å². The van der Waals surface area contributed by atoms with E-state index in [0.717, 1.165) is 5.56 Å². The lowest BCUT2D eigenvalue weighted by Gasteiger charge is -2.00. The Hall–Kier alpha value is -2.00. The van der Waals surface area contributed by atoms with Crippen molar-refractivity contribution in [3.63, 3.8) is 0 Å². The second-order valence-corrected chi connectivity index (χ2v) is 2.52. The molecule has 0 saturated heterocycles. The fourth-order valence-corrected chi connectivity index (χ4v) is 0.957. The highest BCUT2D eigenvalue weighted by atomic mass is 16.4. The van der Waals surface area contributed by atoms with Gasteiger partial charge in [0.25, 0.3) is 0 Å². The van der Waals surface area contributed by atoms with Gasteiger partial charge in [0.05, 0.1) is 11.3 Å². The first kappa shape index (κ1) is 9.09. The molecular formula is C8H7N3O2. The van der Waals surface area contributed by atoms with E-state index in [0.29, 0.717) is 0 Å². The van der Waals surface area contributed by atoms with E-state index in [-0.39, 0.29) is 11.3 Å². The molecule has 0 aliphatic heterocycles. The number of carbonyl (C=O) groups is 1. The number of aromatic carboxylic acids is 1. The minimum atomic E-state index is -1.09. The number of carboxylic acid groups (broad SMARTS) is 1. The molecule has 1 N–H and O–H groups in total. The summed E-state index contributed by atoms with van der Waals surface area (Å²) in [6.07, 6.45) is 0. The summed E-state index contributed by atoms with van der Waals surface area (Å²) in [6.45, 7) is 1.77. The van der Waals surface area contributed by atoms with Crippen molar-refractivity contribution in [2.24, 2.45) is 5.11 Å². The van der Waals surface area contributed by atoms with Crippen LogP contribution in [-0.4, -0.2) is 11.1 Å². The number of benzene rings is 1. The first-order valence-electron chi connectivity index (χ1n) is 3.54. The van der Waals surface area contributed by atoms with Crippen LogP contribution in [0, 0.1) is 6.92 Å². The topological polar surface area (TPSA) is 86.1 Å². The first-order valence-corrected chi connectivity index (χ1v) is 3.54. The largest absolute Gasteiger partial charge is 0.478 e. The number of hydrogen-bond acceptors (Lipinski definition) is 2. The number of rotatable bonds is 2. The van der Waals surface area contributed by atoms with E-state index in [9.17, 15) is 4.79 Å². The Labute approximate surface area is 74.3 Å². The van der Waals surface area contributed by atoms with Gasteiger partial charge in [-0.05, 0) is 18.5 Å². The molecule has 0 spiro atoms. The molecule has 0 saturated carbocycles. The number of aryl methyl sites for hydroxylation is 1. The zero-order valence-electron chi connectivity index (χ0n) is 6.93.